The van der Waals surface area contributed by atoms with E-state index in [1.54, 1.807) is 31.2 Å². The Bertz CT molecular complexity index is 1580. The molecule has 2 amide bonds. The third-order valence-corrected chi connectivity index (χ3v) is 6.70. The van der Waals surface area contributed by atoms with E-state index >= 15 is 0 Å². The van der Waals surface area contributed by atoms with Crippen LogP contribution in [0.5, 0.6) is 6.01 Å². The summed E-state index contributed by atoms with van der Waals surface area (Å²) in [7, 11) is 1.44. The standard InChI is InChI=1S/C28H26F5N7O3/c1-16-23(18-13-34-27(42-2)35-14-18)38-40(19-6-4-3-5-7-19)25(16)37-26(41)36-22-15-39(11-10-28(31,32)33)43-24(22)17-8-9-20(29)21(30)12-17/h3-9,12-14,22,24H,10-11,15H2,1-2H3,(H2,36,37,41)/t22-,24+/m1/s1. The summed E-state index contributed by atoms with van der Waals surface area (Å²) in [5, 5.41) is 11.2. The van der Waals surface area contributed by atoms with Crippen LogP contribution in [-0.4, -0.2) is 63.3 Å². The molecule has 0 saturated carbocycles. The number of rotatable bonds is 8. The van der Waals surface area contributed by atoms with Crippen LogP contribution in [0.15, 0.2) is 60.9 Å². The molecule has 1 saturated heterocycles. The van der Waals surface area contributed by atoms with Gasteiger partial charge in [-0.3, -0.25) is 10.2 Å². The molecule has 5 rings (SSSR count). The summed E-state index contributed by atoms with van der Waals surface area (Å²) in [4.78, 5) is 27.3. The second kappa shape index (κ2) is 12.3. The lowest BCUT2D eigenvalue weighted by atomic mass is 10.0. The van der Waals surface area contributed by atoms with Gasteiger partial charge in [0.15, 0.2) is 11.6 Å². The number of ether oxygens (including phenoxy) is 1. The molecule has 0 spiro atoms. The van der Waals surface area contributed by atoms with Gasteiger partial charge in [0.25, 0.3) is 0 Å². The highest BCUT2D eigenvalue weighted by atomic mass is 19.4. The SMILES string of the molecule is COc1ncc(-c2nn(-c3ccccc3)c(NC(=O)N[C@@H]3CN(CCC(F)(F)F)O[C@H]3c3ccc(F)c(F)c3)c2C)cn1. The third-order valence-electron chi connectivity index (χ3n) is 6.70. The van der Waals surface area contributed by atoms with E-state index in [2.05, 4.69) is 25.7 Å². The Hall–Kier alpha value is -4.63. The largest absolute Gasteiger partial charge is 0.467 e. The quantitative estimate of drug-likeness (QED) is 0.262. The van der Waals surface area contributed by atoms with Crippen LogP contribution in [-0.2, 0) is 4.84 Å². The number of carbonyl (C=O) groups excluding carboxylic acids is 1. The molecule has 0 radical (unpaired) electrons. The van der Waals surface area contributed by atoms with Crippen molar-refractivity contribution in [3.05, 3.63) is 83.7 Å². The van der Waals surface area contributed by atoms with Crippen molar-refractivity contribution in [3.8, 4) is 23.0 Å². The number of benzene rings is 2. The number of nitrogens with zero attached hydrogens (tertiary/aromatic N) is 5. The van der Waals surface area contributed by atoms with Gasteiger partial charge >= 0.3 is 18.2 Å². The van der Waals surface area contributed by atoms with E-state index in [1.807, 2.05) is 6.07 Å². The molecule has 1 aliphatic rings. The first-order valence-electron chi connectivity index (χ1n) is 13.0. The minimum Gasteiger partial charge on any atom is -0.467 e. The number of amides is 2. The Kier molecular flexibility index (Phi) is 8.54. The van der Waals surface area contributed by atoms with Crippen LogP contribution in [0, 0.1) is 18.6 Å². The molecule has 226 valence electrons. The summed E-state index contributed by atoms with van der Waals surface area (Å²) in [5.74, 6) is -1.96. The zero-order chi connectivity index (χ0) is 30.7. The second-order valence-corrected chi connectivity index (χ2v) is 9.69. The lowest BCUT2D eigenvalue weighted by molar-refractivity contribution is -0.184. The molecule has 2 atom stereocenters. The maximum absolute atomic E-state index is 14.0. The fourth-order valence-corrected chi connectivity index (χ4v) is 4.62. The highest BCUT2D eigenvalue weighted by Gasteiger charge is 2.39. The summed E-state index contributed by atoms with van der Waals surface area (Å²) in [5.41, 5.74) is 2.37. The van der Waals surface area contributed by atoms with Crippen LogP contribution in [0.25, 0.3) is 16.9 Å². The fourth-order valence-electron chi connectivity index (χ4n) is 4.62. The number of aromatic nitrogens is 4. The van der Waals surface area contributed by atoms with E-state index < -0.39 is 49.0 Å². The Labute approximate surface area is 242 Å². The van der Waals surface area contributed by atoms with E-state index in [-0.39, 0.29) is 18.1 Å². The van der Waals surface area contributed by atoms with Crippen LogP contribution < -0.4 is 15.4 Å². The predicted octanol–water partition coefficient (Wildman–Crippen LogP) is 5.36. The van der Waals surface area contributed by atoms with Crippen LogP contribution >= 0.6 is 0 Å². The molecule has 3 heterocycles. The van der Waals surface area contributed by atoms with Crippen LogP contribution in [0.1, 0.15) is 23.7 Å². The fraction of sp³-hybridized carbons (Fsp3) is 0.286. The number of urea groups is 1. The Balaban J connectivity index is 1.42. The number of para-hydroxylation sites is 1. The van der Waals surface area contributed by atoms with Crippen molar-refractivity contribution < 1.29 is 36.3 Å². The monoisotopic (exact) mass is 603 g/mol. The van der Waals surface area contributed by atoms with Crippen LogP contribution in [0.2, 0.25) is 0 Å². The first-order chi connectivity index (χ1) is 20.5. The first-order valence-corrected chi connectivity index (χ1v) is 13.0. The zero-order valence-electron chi connectivity index (χ0n) is 22.9. The van der Waals surface area contributed by atoms with Crippen LogP contribution in [0.3, 0.4) is 0 Å². The van der Waals surface area contributed by atoms with Gasteiger partial charge in [0.2, 0.25) is 0 Å². The highest BCUT2D eigenvalue weighted by molar-refractivity contribution is 5.91. The number of hydrogen-bond donors (Lipinski definition) is 2. The first kappa shape index (κ1) is 29.8. The molecule has 2 aromatic carbocycles. The number of carbonyl (C=O) groups is 1. The van der Waals surface area contributed by atoms with Crippen molar-refractivity contribution in [2.75, 3.05) is 25.5 Å². The molecule has 1 fully saturated rings. The van der Waals surface area contributed by atoms with Crippen molar-refractivity contribution in [1.29, 1.82) is 0 Å². The number of methoxy groups -OCH3 is 1. The number of hydroxylamine groups is 2. The normalized spacial score (nSPS) is 17.2. The summed E-state index contributed by atoms with van der Waals surface area (Å²) in [6.07, 6.45) is -3.63. The summed E-state index contributed by atoms with van der Waals surface area (Å²) in [6, 6.07) is 10.5. The molecule has 0 unspecified atom stereocenters. The maximum atomic E-state index is 14.0. The molecule has 4 aromatic rings. The molecule has 0 aliphatic carbocycles. The van der Waals surface area contributed by atoms with Crippen LogP contribution in [0.4, 0.5) is 32.6 Å². The van der Waals surface area contributed by atoms with E-state index in [0.29, 0.717) is 28.3 Å². The topological polar surface area (TPSA) is 106 Å². The van der Waals surface area contributed by atoms with Gasteiger partial charge in [0.1, 0.15) is 17.6 Å². The molecular weight excluding hydrogens is 577 g/mol. The van der Waals surface area contributed by atoms with Gasteiger partial charge in [-0.25, -0.2) is 28.2 Å². The molecule has 43 heavy (non-hydrogen) atoms. The lowest BCUT2D eigenvalue weighted by Crippen LogP contribution is -2.42. The second-order valence-electron chi connectivity index (χ2n) is 9.69. The molecule has 2 aromatic heterocycles. The molecule has 1 aliphatic heterocycles. The summed E-state index contributed by atoms with van der Waals surface area (Å²) >= 11 is 0. The zero-order valence-corrected chi connectivity index (χ0v) is 22.9. The van der Waals surface area contributed by atoms with E-state index in [9.17, 15) is 26.7 Å². The molecular formula is C28H26F5N7O3. The maximum Gasteiger partial charge on any atom is 0.390 e. The Morgan fingerprint density at radius 1 is 1.09 bits per heavy atom. The van der Waals surface area contributed by atoms with Gasteiger partial charge < -0.3 is 10.1 Å². The van der Waals surface area contributed by atoms with Gasteiger partial charge in [-0.15, -0.1) is 0 Å². The average molecular weight is 604 g/mol. The van der Waals surface area contributed by atoms with Gasteiger partial charge in [-0.05, 0) is 36.8 Å². The number of halogens is 5. The molecule has 15 heteroatoms. The van der Waals surface area contributed by atoms with Crippen molar-refractivity contribution in [2.45, 2.75) is 31.7 Å². The van der Waals surface area contributed by atoms with Crippen molar-refractivity contribution >= 4 is 11.8 Å². The number of nitrogens with one attached hydrogen (secondary N) is 2. The smallest absolute Gasteiger partial charge is 0.390 e. The number of anilines is 1. The van der Waals surface area contributed by atoms with Gasteiger partial charge in [-0.1, -0.05) is 24.3 Å². The van der Waals surface area contributed by atoms with Crippen molar-refractivity contribution in [3.63, 3.8) is 0 Å². The summed E-state index contributed by atoms with van der Waals surface area (Å²) < 4.78 is 72.8. The summed E-state index contributed by atoms with van der Waals surface area (Å²) in [6.45, 7) is 1.08. The van der Waals surface area contributed by atoms with E-state index in [4.69, 9.17) is 9.57 Å². The Morgan fingerprint density at radius 2 is 1.81 bits per heavy atom. The molecule has 2 N–H and O–H groups in total. The van der Waals surface area contributed by atoms with Gasteiger partial charge in [0, 0.05) is 36.6 Å². The number of alkyl halides is 3. The van der Waals surface area contributed by atoms with Crippen molar-refractivity contribution in [1.82, 2.24) is 30.1 Å². The van der Waals surface area contributed by atoms with Gasteiger partial charge in [0.05, 0.1) is 25.3 Å². The minimum atomic E-state index is -4.44. The highest BCUT2D eigenvalue weighted by Crippen LogP contribution is 2.33. The third kappa shape index (κ3) is 6.89. The average Bonchev–Trinajstić information content (AvgIpc) is 3.54. The minimum absolute atomic E-state index is 0.140. The number of hydrogen-bond acceptors (Lipinski definition) is 7. The predicted molar refractivity (Wildman–Crippen MR) is 144 cm³/mol. The van der Waals surface area contributed by atoms with Gasteiger partial charge in [-0.2, -0.15) is 23.3 Å². The van der Waals surface area contributed by atoms with E-state index in [1.165, 1.54) is 30.3 Å². The lowest BCUT2D eigenvalue weighted by Gasteiger charge is -2.20. The molecule has 0 bridgehead atoms. The van der Waals surface area contributed by atoms with Crippen molar-refractivity contribution in [2.24, 2.45) is 0 Å². The van der Waals surface area contributed by atoms with E-state index in [0.717, 1.165) is 17.2 Å². The molecule has 10 nitrogen and oxygen atoms in total. The Morgan fingerprint density at radius 3 is 2.47 bits per heavy atom.